The molecule has 5 rings (SSSR count). The molecule has 1 spiro atoms. The molecule has 8 heteroatoms. The first-order chi connectivity index (χ1) is 19.4. The van der Waals surface area contributed by atoms with Crippen LogP contribution < -0.4 is 5.32 Å². The van der Waals surface area contributed by atoms with Crippen LogP contribution in [0.4, 0.5) is 4.79 Å². The largest absolute Gasteiger partial charge is 0.469 e. The fraction of sp³-hybridized carbons (Fsp3) is 0.545. The monoisotopic (exact) mass is 578 g/mol. The van der Waals surface area contributed by atoms with Crippen LogP contribution in [0.25, 0.3) is 5.57 Å². The molecule has 0 atom stereocenters. The average Bonchev–Trinajstić information content (AvgIpc) is 3.16. The number of hydrogen-bond donors (Lipinski definition) is 1. The Bertz CT molecular complexity index is 1350. The third-order valence-electron chi connectivity index (χ3n) is 8.77. The van der Waals surface area contributed by atoms with E-state index in [0.717, 1.165) is 53.7 Å². The summed E-state index contributed by atoms with van der Waals surface area (Å²) >= 11 is 1.69. The number of carbonyl (C=O) groups is 3. The molecule has 0 unspecified atom stereocenters. The lowest BCUT2D eigenvalue weighted by Gasteiger charge is -2.56. The van der Waals surface area contributed by atoms with Gasteiger partial charge in [0.1, 0.15) is 5.60 Å². The number of ether oxygens (including phenoxy) is 2. The summed E-state index contributed by atoms with van der Waals surface area (Å²) < 4.78 is 10.4. The summed E-state index contributed by atoms with van der Waals surface area (Å²) in [4.78, 5) is 41.5. The summed E-state index contributed by atoms with van der Waals surface area (Å²) in [6.07, 6.45) is 6.98. The van der Waals surface area contributed by atoms with Gasteiger partial charge in [-0.1, -0.05) is 30.3 Å². The van der Waals surface area contributed by atoms with Crippen molar-refractivity contribution in [3.63, 3.8) is 0 Å². The van der Waals surface area contributed by atoms with E-state index in [0.29, 0.717) is 19.5 Å². The van der Waals surface area contributed by atoms with Gasteiger partial charge in [-0.15, -0.1) is 11.3 Å². The molecule has 2 fully saturated rings. The summed E-state index contributed by atoms with van der Waals surface area (Å²) in [6, 6.07) is 8.75. The van der Waals surface area contributed by atoms with Crippen LogP contribution in [0.1, 0.15) is 89.7 Å². The molecule has 0 bridgehead atoms. The minimum Gasteiger partial charge on any atom is -0.469 e. The topological polar surface area (TPSA) is 84.9 Å². The summed E-state index contributed by atoms with van der Waals surface area (Å²) in [6.45, 7) is 11.0. The second kappa shape index (κ2) is 11.3. The van der Waals surface area contributed by atoms with Gasteiger partial charge in [0.15, 0.2) is 0 Å². The van der Waals surface area contributed by atoms with Crippen LogP contribution in [0.2, 0.25) is 0 Å². The summed E-state index contributed by atoms with van der Waals surface area (Å²) in [7, 11) is 1.45. The van der Waals surface area contributed by atoms with E-state index in [9.17, 15) is 14.4 Å². The van der Waals surface area contributed by atoms with Gasteiger partial charge >= 0.3 is 12.1 Å². The van der Waals surface area contributed by atoms with E-state index in [2.05, 4.69) is 42.6 Å². The Kier molecular flexibility index (Phi) is 8.07. The highest BCUT2D eigenvalue weighted by atomic mass is 32.1. The molecule has 7 nitrogen and oxygen atoms in total. The highest BCUT2D eigenvalue weighted by molar-refractivity contribution is 7.12. The molecule has 1 aliphatic heterocycles. The molecule has 2 saturated carbocycles. The van der Waals surface area contributed by atoms with Crippen molar-refractivity contribution >= 4 is 34.9 Å². The maximum Gasteiger partial charge on any atom is 0.410 e. The first kappa shape index (κ1) is 29.4. The van der Waals surface area contributed by atoms with Crippen molar-refractivity contribution in [1.82, 2.24) is 10.2 Å². The standard InChI is InChI=1S/C33H42N2O5S/c1-20-27(28(21(2)41-20)29(36)34-26-18-33(19-26)16-25(17-33)30(37)39-6)15-22-7-9-23(10-8-22)24-11-13-35(14-12-24)31(38)40-32(3,4)5/h7-11,25-26H,12-19H2,1-6H3,(H,34,36). The van der Waals surface area contributed by atoms with Gasteiger partial charge in [0.2, 0.25) is 0 Å². The van der Waals surface area contributed by atoms with Crippen LogP contribution in [0.5, 0.6) is 0 Å². The van der Waals surface area contributed by atoms with Crippen molar-refractivity contribution in [1.29, 1.82) is 0 Å². The number of benzene rings is 1. The molecular weight excluding hydrogens is 536 g/mol. The fourth-order valence-electron chi connectivity index (χ4n) is 6.70. The molecule has 2 amide bonds. The number of amides is 2. The number of aryl methyl sites for hydroxylation is 2. The molecular formula is C33H42N2O5S. The van der Waals surface area contributed by atoms with Crippen LogP contribution >= 0.6 is 11.3 Å². The van der Waals surface area contributed by atoms with Gasteiger partial charge in [0.05, 0.1) is 18.6 Å². The first-order valence-electron chi connectivity index (χ1n) is 14.6. The molecule has 220 valence electrons. The normalized spacial score (nSPS) is 23.8. The molecule has 1 aromatic carbocycles. The Labute approximate surface area is 247 Å². The second-order valence-electron chi connectivity index (χ2n) is 13.1. The molecule has 2 heterocycles. The summed E-state index contributed by atoms with van der Waals surface area (Å²) in [5.41, 5.74) is 5.20. The number of methoxy groups -OCH3 is 1. The molecule has 3 aliphatic rings. The Morgan fingerprint density at radius 2 is 1.73 bits per heavy atom. The highest BCUT2D eigenvalue weighted by Crippen LogP contribution is 2.59. The van der Waals surface area contributed by atoms with Crippen LogP contribution in [-0.2, 0) is 20.7 Å². The van der Waals surface area contributed by atoms with E-state index in [-0.39, 0.29) is 35.3 Å². The zero-order valence-electron chi connectivity index (χ0n) is 25.1. The Balaban J connectivity index is 1.18. The summed E-state index contributed by atoms with van der Waals surface area (Å²) in [5.74, 6) is -0.0627. The third-order valence-corrected chi connectivity index (χ3v) is 9.83. The quantitative estimate of drug-likeness (QED) is 0.399. The Hall–Kier alpha value is -3.13. The van der Waals surface area contributed by atoms with Crippen molar-refractivity contribution in [2.75, 3.05) is 20.2 Å². The zero-order valence-corrected chi connectivity index (χ0v) is 25.9. The molecule has 41 heavy (non-hydrogen) atoms. The minimum absolute atomic E-state index is 0.0177. The van der Waals surface area contributed by atoms with E-state index in [1.807, 2.05) is 27.7 Å². The van der Waals surface area contributed by atoms with Gasteiger partial charge < -0.3 is 19.7 Å². The van der Waals surface area contributed by atoms with E-state index >= 15 is 0 Å². The number of nitrogens with zero attached hydrogens (tertiary/aromatic N) is 1. The van der Waals surface area contributed by atoms with E-state index < -0.39 is 5.60 Å². The van der Waals surface area contributed by atoms with Gasteiger partial charge in [0.25, 0.3) is 5.91 Å². The Morgan fingerprint density at radius 1 is 1.05 bits per heavy atom. The van der Waals surface area contributed by atoms with Crippen LogP contribution in [-0.4, -0.2) is 54.7 Å². The van der Waals surface area contributed by atoms with Crippen molar-refractivity contribution < 1.29 is 23.9 Å². The maximum atomic E-state index is 13.4. The zero-order chi connectivity index (χ0) is 29.5. The lowest BCUT2D eigenvalue weighted by atomic mass is 9.50. The van der Waals surface area contributed by atoms with E-state index in [4.69, 9.17) is 9.47 Å². The van der Waals surface area contributed by atoms with Gasteiger partial charge in [-0.05, 0) is 101 Å². The number of esters is 1. The number of nitrogens with one attached hydrogen (secondary N) is 1. The minimum atomic E-state index is -0.496. The van der Waals surface area contributed by atoms with Crippen molar-refractivity contribution in [2.24, 2.45) is 11.3 Å². The lowest BCUT2D eigenvalue weighted by Crippen LogP contribution is -2.57. The predicted molar refractivity (Wildman–Crippen MR) is 161 cm³/mol. The fourth-order valence-corrected chi connectivity index (χ4v) is 7.78. The predicted octanol–water partition coefficient (Wildman–Crippen LogP) is 6.44. The SMILES string of the molecule is COC(=O)C1CC2(CC(NC(=O)c3c(C)sc(C)c3Cc3ccc(C4=CCN(C(=O)OC(C)(C)C)CC4)cc3)C2)C1. The summed E-state index contributed by atoms with van der Waals surface area (Å²) in [5, 5.41) is 3.28. The first-order valence-corrected chi connectivity index (χ1v) is 15.4. The van der Waals surface area contributed by atoms with Crippen molar-refractivity contribution in [3.8, 4) is 0 Å². The number of hydrogen-bond acceptors (Lipinski definition) is 6. The smallest absolute Gasteiger partial charge is 0.410 e. The van der Waals surface area contributed by atoms with E-state index in [1.165, 1.54) is 23.1 Å². The number of carbonyl (C=O) groups excluding carboxylic acids is 3. The number of rotatable bonds is 6. The second-order valence-corrected chi connectivity index (χ2v) is 14.5. The van der Waals surface area contributed by atoms with Gasteiger partial charge in [-0.2, -0.15) is 0 Å². The van der Waals surface area contributed by atoms with Crippen molar-refractivity contribution in [3.05, 3.63) is 62.3 Å². The molecule has 2 aliphatic carbocycles. The van der Waals surface area contributed by atoms with E-state index in [1.54, 1.807) is 16.2 Å². The van der Waals surface area contributed by atoms with Gasteiger partial charge in [-0.3, -0.25) is 9.59 Å². The molecule has 1 N–H and O–H groups in total. The maximum absolute atomic E-state index is 13.4. The van der Waals surface area contributed by atoms with Crippen molar-refractivity contribution in [2.45, 2.75) is 84.8 Å². The third kappa shape index (κ3) is 6.37. The average molecular weight is 579 g/mol. The van der Waals surface area contributed by atoms with Gasteiger partial charge in [0, 0.05) is 28.9 Å². The highest BCUT2D eigenvalue weighted by Gasteiger charge is 2.55. The lowest BCUT2D eigenvalue weighted by molar-refractivity contribution is -0.159. The van der Waals surface area contributed by atoms with Gasteiger partial charge in [-0.25, -0.2) is 4.79 Å². The van der Waals surface area contributed by atoms with Crippen LogP contribution in [0.3, 0.4) is 0 Å². The van der Waals surface area contributed by atoms with Crippen LogP contribution in [0.15, 0.2) is 30.3 Å². The number of thiophene rings is 1. The molecule has 1 aromatic heterocycles. The molecule has 2 aromatic rings. The van der Waals surface area contributed by atoms with Crippen LogP contribution in [0, 0.1) is 25.2 Å². The Morgan fingerprint density at radius 3 is 2.32 bits per heavy atom. The molecule has 0 radical (unpaired) electrons. The molecule has 0 saturated heterocycles.